The SMILES string of the molecule is Oc1cc(-c2ccc(O[C@@H]3CCc4c(C5CC5)cccc43)cc2)sn1. The highest BCUT2D eigenvalue weighted by Crippen LogP contribution is 2.46. The van der Waals surface area contributed by atoms with E-state index in [-0.39, 0.29) is 12.0 Å². The second kappa shape index (κ2) is 5.88. The summed E-state index contributed by atoms with van der Waals surface area (Å²) < 4.78 is 10.2. The first-order valence-electron chi connectivity index (χ1n) is 8.82. The zero-order chi connectivity index (χ0) is 16.8. The van der Waals surface area contributed by atoms with E-state index in [1.165, 1.54) is 35.5 Å². The molecular formula is C21H19NO2S. The van der Waals surface area contributed by atoms with Crippen molar-refractivity contribution < 1.29 is 9.84 Å². The van der Waals surface area contributed by atoms with Crippen molar-refractivity contribution in [3.63, 3.8) is 0 Å². The number of hydrogen-bond acceptors (Lipinski definition) is 4. The van der Waals surface area contributed by atoms with E-state index in [1.54, 1.807) is 11.6 Å². The third-order valence-electron chi connectivity index (χ3n) is 5.18. The van der Waals surface area contributed by atoms with Gasteiger partial charge in [0.1, 0.15) is 11.9 Å². The van der Waals surface area contributed by atoms with Crippen LogP contribution in [-0.4, -0.2) is 9.48 Å². The Bertz CT molecular complexity index is 912. The zero-order valence-electron chi connectivity index (χ0n) is 13.8. The molecule has 2 aromatic carbocycles. The van der Waals surface area contributed by atoms with Crippen LogP contribution in [0.4, 0.5) is 0 Å². The summed E-state index contributed by atoms with van der Waals surface area (Å²) in [6.07, 6.45) is 5.04. The van der Waals surface area contributed by atoms with Crippen LogP contribution in [0.2, 0.25) is 0 Å². The average Bonchev–Trinajstić information content (AvgIpc) is 3.27. The summed E-state index contributed by atoms with van der Waals surface area (Å²) in [7, 11) is 0. The van der Waals surface area contributed by atoms with Gasteiger partial charge in [0.2, 0.25) is 5.88 Å². The Morgan fingerprint density at radius 1 is 1.00 bits per heavy atom. The summed E-state index contributed by atoms with van der Waals surface area (Å²) in [5.41, 5.74) is 5.52. The number of rotatable bonds is 4. The van der Waals surface area contributed by atoms with E-state index in [9.17, 15) is 5.11 Å². The van der Waals surface area contributed by atoms with Gasteiger partial charge in [-0.15, -0.1) is 0 Å². The quantitative estimate of drug-likeness (QED) is 0.680. The Morgan fingerprint density at radius 2 is 1.80 bits per heavy atom. The first kappa shape index (κ1) is 15.0. The molecule has 4 heteroatoms. The molecule has 0 aliphatic heterocycles. The Kier molecular flexibility index (Phi) is 3.52. The summed E-state index contributed by atoms with van der Waals surface area (Å²) >= 11 is 1.30. The topological polar surface area (TPSA) is 42.4 Å². The molecule has 0 saturated heterocycles. The standard InChI is InChI=1S/C21H19NO2S/c23-21-12-20(25-22-21)14-6-8-15(9-7-14)24-19-11-10-17-16(13-4-5-13)2-1-3-18(17)19/h1-3,6-9,12-13,19H,4-5,10-11H2,(H,22,23)/t19-/m1/s1. The molecule has 0 amide bonds. The summed E-state index contributed by atoms with van der Waals surface area (Å²) in [5, 5.41) is 9.39. The van der Waals surface area contributed by atoms with Crippen LogP contribution < -0.4 is 4.74 Å². The number of ether oxygens (including phenoxy) is 1. The fourth-order valence-corrected chi connectivity index (χ4v) is 4.45. The van der Waals surface area contributed by atoms with Crippen molar-refractivity contribution in [1.82, 2.24) is 4.37 Å². The van der Waals surface area contributed by atoms with Crippen LogP contribution in [0.3, 0.4) is 0 Å². The highest BCUT2D eigenvalue weighted by molar-refractivity contribution is 7.09. The molecule has 25 heavy (non-hydrogen) atoms. The maximum absolute atomic E-state index is 9.39. The molecule has 0 unspecified atom stereocenters. The van der Waals surface area contributed by atoms with Gasteiger partial charge in [0.05, 0.1) is 4.88 Å². The molecule has 3 aromatic rings. The number of aromatic hydroxyl groups is 1. The molecule has 1 saturated carbocycles. The highest BCUT2D eigenvalue weighted by atomic mass is 32.1. The molecule has 1 atom stereocenters. The van der Waals surface area contributed by atoms with E-state index in [0.717, 1.165) is 34.9 Å². The van der Waals surface area contributed by atoms with Crippen molar-refractivity contribution in [2.24, 2.45) is 0 Å². The van der Waals surface area contributed by atoms with E-state index >= 15 is 0 Å². The van der Waals surface area contributed by atoms with Crippen LogP contribution in [-0.2, 0) is 6.42 Å². The van der Waals surface area contributed by atoms with E-state index in [0.29, 0.717) is 0 Å². The molecule has 0 radical (unpaired) electrons. The number of aromatic nitrogens is 1. The Labute approximate surface area is 151 Å². The zero-order valence-corrected chi connectivity index (χ0v) is 14.6. The minimum absolute atomic E-state index is 0.0781. The number of hydrogen-bond donors (Lipinski definition) is 1. The van der Waals surface area contributed by atoms with Gasteiger partial charge in [0.15, 0.2) is 0 Å². The third kappa shape index (κ3) is 2.81. The lowest BCUT2D eigenvalue weighted by Gasteiger charge is -2.16. The molecule has 0 bridgehead atoms. The van der Waals surface area contributed by atoms with Crippen molar-refractivity contribution in [3.8, 4) is 22.1 Å². The second-order valence-electron chi connectivity index (χ2n) is 6.91. The van der Waals surface area contributed by atoms with Crippen LogP contribution in [0.15, 0.2) is 48.5 Å². The molecule has 126 valence electrons. The average molecular weight is 349 g/mol. The minimum atomic E-state index is 0.0781. The summed E-state index contributed by atoms with van der Waals surface area (Å²) in [4.78, 5) is 0.962. The van der Waals surface area contributed by atoms with Crippen molar-refractivity contribution in [3.05, 3.63) is 65.2 Å². The fourth-order valence-electron chi connectivity index (χ4n) is 3.81. The van der Waals surface area contributed by atoms with E-state index in [1.807, 2.05) is 24.3 Å². The largest absolute Gasteiger partial charge is 0.493 e. The van der Waals surface area contributed by atoms with Gasteiger partial charge in [-0.05, 0) is 89.7 Å². The summed E-state index contributed by atoms with van der Waals surface area (Å²) in [6.45, 7) is 0. The van der Waals surface area contributed by atoms with Crippen molar-refractivity contribution in [2.45, 2.75) is 37.7 Å². The highest BCUT2D eigenvalue weighted by Gasteiger charge is 2.32. The van der Waals surface area contributed by atoms with Gasteiger partial charge in [-0.1, -0.05) is 18.2 Å². The summed E-state index contributed by atoms with van der Waals surface area (Å²) in [6, 6.07) is 16.5. The Hall–Kier alpha value is -2.33. The predicted octanol–water partition coefficient (Wildman–Crippen LogP) is 5.46. The minimum Gasteiger partial charge on any atom is -0.493 e. The molecule has 5 rings (SSSR count). The monoisotopic (exact) mass is 349 g/mol. The number of fused-ring (bicyclic) bond motifs is 1. The second-order valence-corrected chi connectivity index (χ2v) is 7.71. The third-order valence-corrected chi connectivity index (χ3v) is 6.01. The molecule has 2 aliphatic carbocycles. The van der Waals surface area contributed by atoms with Crippen LogP contribution in [0, 0.1) is 0 Å². The van der Waals surface area contributed by atoms with Gasteiger partial charge in [0, 0.05) is 6.07 Å². The van der Waals surface area contributed by atoms with Gasteiger partial charge < -0.3 is 9.84 Å². The normalized spacial score (nSPS) is 19.0. The number of nitrogens with zero attached hydrogens (tertiary/aromatic N) is 1. The molecule has 1 aromatic heterocycles. The lowest BCUT2D eigenvalue weighted by Crippen LogP contribution is -2.03. The van der Waals surface area contributed by atoms with Crippen LogP contribution >= 0.6 is 11.5 Å². The van der Waals surface area contributed by atoms with Crippen molar-refractivity contribution >= 4 is 11.5 Å². The number of benzene rings is 2. The molecule has 1 N–H and O–H groups in total. The van der Waals surface area contributed by atoms with Gasteiger partial charge >= 0.3 is 0 Å². The molecule has 1 fully saturated rings. The maximum Gasteiger partial charge on any atom is 0.223 e. The van der Waals surface area contributed by atoms with Crippen LogP contribution in [0.1, 0.15) is 48.0 Å². The molecular weight excluding hydrogens is 330 g/mol. The van der Waals surface area contributed by atoms with Gasteiger partial charge in [-0.3, -0.25) is 0 Å². The fraction of sp³-hybridized carbons (Fsp3) is 0.286. The van der Waals surface area contributed by atoms with Crippen LogP contribution in [0.25, 0.3) is 10.4 Å². The lowest BCUT2D eigenvalue weighted by atomic mass is 9.99. The molecule has 1 heterocycles. The Morgan fingerprint density at radius 3 is 2.52 bits per heavy atom. The predicted molar refractivity (Wildman–Crippen MR) is 99.3 cm³/mol. The lowest BCUT2D eigenvalue weighted by molar-refractivity contribution is 0.207. The Balaban J connectivity index is 1.36. The first-order valence-corrected chi connectivity index (χ1v) is 9.60. The van der Waals surface area contributed by atoms with E-state index < -0.39 is 0 Å². The maximum atomic E-state index is 9.39. The van der Waals surface area contributed by atoms with Crippen molar-refractivity contribution in [1.29, 1.82) is 0 Å². The molecule has 0 spiro atoms. The van der Waals surface area contributed by atoms with Gasteiger partial charge in [0.25, 0.3) is 0 Å². The van der Waals surface area contributed by atoms with E-state index in [2.05, 4.69) is 22.6 Å². The van der Waals surface area contributed by atoms with Gasteiger partial charge in [-0.2, -0.15) is 4.37 Å². The smallest absolute Gasteiger partial charge is 0.223 e. The van der Waals surface area contributed by atoms with E-state index in [4.69, 9.17) is 4.74 Å². The van der Waals surface area contributed by atoms with Crippen LogP contribution in [0.5, 0.6) is 11.6 Å². The van der Waals surface area contributed by atoms with Crippen molar-refractivity contribution in [2.75, 3.05) is 0 Å². The van der Waals surface area contributed by atoms with Gasteiger partial charge in [-0.25, -0.2) is 0 Å². The molecule has 3 nitrogen and oxygen atoms in total. The first-order chi connectivity index (χ1) is 12.3. The molecule has 2 aliphatic rings. The summed E-state index contributed by atoms with van der Waals surface area (Å²) in [5.74, 6) is 1.77.